The van der Waals surface area contributed by atoms with Gasteiger partial charge in [-0.3, -0.25) is 10.1 Å². The fraction of sp³-hybridized carbons (Fsp3) is 0.190. The summed E-state index contributed by atoms with van der Waals surface area (Å²) < 4.78 is 10.5. The molecule has 7 nitrogen and oxygen atoms in total. The molecule has 1 aromatic heterocycles. The molecule has 0 saturated heterocycles. The number of carbonyl (C=O) groups is 2. The van der Waals surface area contributed by atoms with Crippen molar-refractivity contribution in [2.24, 2.45) is 0 Å². The molecule has 2 amide bonds. The van der Waals surface area contributed by atoms with Crippen molar-refractivity contribution in [3.05, 3.63) is 59.6 Å². The smallest absolute Gasteiger partial charge is 0.413 e. The molecule has 0 atom stereocenters. The third-order valence-corrected chi connectivity index (χ3v) is 5.17. The maximum atomic E-state index is 13.0. The number of anilines is 2. The van der Waals surface area contributed by atoms with E-state index in [1.807, 2.05) is 30.3 Å². The van der Waals surface area contributed by atoms with Gasteiger partial charge in [-0.25, -0.2) is 9.78 Å². The second-order valence-corrected chi connectivity index (χ2v) is 8.14. The Morgan fingerprint density at radius 3 is 2.33 bits per heavy atom. The summed E-state index contributed by atoms with van der Waals surface area (Å²) in [5.74, 6) is 0.142. The molecule has 3 aromatic rings. The van der Waals surface area contributed by atoms with Crippen LogP contribution in [-0.4, -0.2) is 29.7 Å². The Morgan fingerprint density at radius 2 is 1.70 bits per heavy atom. The highest BCUT2D eigenvalue weighted by atomic mass is 35.5. The molecule has 156 valence electrons. The number of carbonyl (C=O) groups excluding carboxylic acids is 2. The van der Waals surface area contributed by atoms with E-state index in [0.717, 1.165) is 16.9 Å². The lowest BCUT2D eigenvalue weighted by Gasteiger charge is -2.25. The first-order valence-corrected chi connectivity index (χ1v) is 10.1. The van der Waals surface area contributed by atoms with Crippen molar-refractivity contribution in [2.75, 3.05) is 17.7 Å². The largest absolute Gasteiger partial charge is 0.478 e. The van der Waals surface area contributed by atoms with Gasteiger partial charge in [0.1, 0.15) is 16.4 Å². The van der Waals surface area contributed by atoms with Gasteiger partial charge in [-0.15, -0.1) is 0 Å². The van der Waals surface area contributed by atoms with E-state index in [0.29, 0.717) is 26.6 Å². The zero-order valence-electron chi connectivity index (χ0n) is 16.6. The lowest BCUT2D eigenvalue weighted by atomic mass is 10.1. The van der Waals surface area contributed by atoms with Gasteiger partial charge in [0.2, 0.25) is 0 Å². The third-order valence-electron chi connectivity index (χ3n) is 4.03. The highest BCUT2D eigenvalue weighted by Gasteiger charge is 2.31. The predicted molar refractivity (Wildman–Crippen MR) is 118 cm³/mol. The Hall–Kier alpha value is -3.10. The number of nitrogens with one attached hydrogen (secondary N) is 2. The number of nitrogens with zero attached hydrogens (tertiary/aromatic N) is 1. The zero-order chi connectivity index (χ0) is 21.7. The molecule has 0 unspecified atom stereocenters. The number of benzene rings is 2. The van der Waals surface area contributed by atoms with Gasteiger partial charge in [0.15, 0.2) is 10.7 Å². The predicted octanol–water partition coefficient (Wildman–Crippen LogP) is 5.44. The van der Waals surface area contributed by atoms with Gasteiger partial charge in [0.05, 0.1) is 7.11 Å². The Kier molecular flexibility index (Phi) is 6.59. The minimum Gasteiger partial charge on any atom is -0.478 e. The highest BCUT2D eigenvalue weighted by molar-refractivity contribution is 7.20. The molecule has 0 fully saturated rings. The van der Waals surface area contributed by atoms with Gasteiger partial charge in [-0.05, 0) is 38.1 Å². The summed E-state index contributed by atoms with van der Waals surface area (Å²) in [7, 11) is 1.26. The molecular formula is C21H20ClN3O4S. The van der Waals surface area contributed by atoms with Crippen LogP contribution in [0.4, 0.5) is 14.9 Å². The summed E-state index contributed by atoms with van der Waals surface area (Å²) in [6, 6.07) is 16.1. The number of aromatic nitrogens is 1. The SMILES string of the molecule is COC(=O)Nc1nc(-c2ccccc2)c(NC(=O)C(C)(C)Oc2ccc(Cl)cc2)s1. The fourth-order valence-electron chi connectivity index (χ4n) is 2.49. The molecule has 0 aliphatic rings. The molecule has 0 spiro atoms. The topological polar surface area (TPSA) is 89.5 Å². The summed E-state index contributed by atoms with van der Waals surface area (Å²) in [5.41, 5.74) is 0.142. The average Bonchev–Trinajstić information content (AvgIpc) is 3.12. The molecule has 1 heterocycles. The van der Waals surface area contributed by atoms with E-state index >= 15 is 0 Å². The van der Waals surface area contributed by atoms with Gasteiger partial charge in [0.25, 0.3) is 5.91 Å². The first-order chi connectivity index (χ1) is 14.3. The first kappa shape index (κ1) is 21.6. The number of rotatable bonds is 6. The van der Waals surface area contributed by atoms with Crippen LogP contribution in [0.25, 0.3) is 11.3 Å². The first-order valence-electron chi connectivity index (χ1n) is 8.96. The van der Waals surface area contributed by atoms with Crippen molar-refractivity contribution in [1.82, 2.24) is 4.98 Å². The lowest BCUT2D eigenvalue weighted by Crippen LogP contribution is -2.42. The van der Waals surface area contributed by atoms with E-state index in [2.05, 4.69) is 20.4 Å². The van der Waals surface area contributed by atoms with E-state index in [1.54, 1.807) is 38.1 Å². The highest BCUT2D eigenvalue weighted by Crippen LogP contribution is 2.36. The normalized spacial score (nSPS) is 10.9. The maximum Gasteiger partial charge on any atom is 0.413 e. The van der Waals surface area contributed by atoms with E-state index < -0.39 is 11.7 Å². The summed E-state index contributed by atoms with van der Waals surface area (Å²) in [6.45, 7) is 3.32. The summed E-state index contributed by atoms with van der Waals surface area (Å²) in [5, 5.41) is 6.75. The molecule has 0 radical (unpaired) electrons. The van der Waals surface area contributed by atoms with E-state index in [-0.39, 0.29) is 5.91 Å². The molecule has 30 heavy (non-hydrogen) atoms. The van der Waals surface area contributed by atoms with Crippen molar-refractivity contribution in [1.29, 1.82) is 0 Å². The van der Waals surface area contributed by atoms with Crippen molar-refractivity contribution in [3.63, 3.8) is 0 Å². The van der Waals surface area contributed by atoms with Crippen LogP contribution in [0.15, 0.2) is 54.6 Å². The van der Waals surface area contributed by atoms with Crippen LogP contribution in [0, 0.1) is 0 Å². The average molecular weight is 446 g/mol. The Balaban J connectivity index is 1.85. The summed E-state index contributed by atoms with van der Waals surface area (Å²) in [4.78, 5) is 29.0. The maximum absolute atomic E-state index is 13.0. The van der Waals surface area contributed by atoms with E-state index in [1.165, 1.54) is 7.11 Å². The van der Waals surface area contributed by atoms with Gasteiger partial charge in [-0.1, -0.05) is 53.3 Å². The van der Waals surface area contributed by atoms with Crippen molar-refractivity contribution < 1.29 is 19.1 Å². The van der Waals surface area contributed by atoms with Crippen LogP contribution >= 0.6 is 22.9 Å². The van der Waals surface area contributed by atoms with Crippen LogP contribution in [-0.2, 0) is 9.53 Å². The fourth-order valence-corrected chi connectivity index (χ4v) is 3.48. The van der Waals surface area contributed by atoms with Crippen molar-refractivity contribution >= 4 is 45.1 Å². The van der Waals surface area contributed by atoms with Crippen LogP contribution < -0.4 is 15.4 Å². The molecule has 9 heteroatoms. The molecule has 3 rings (SSSR count). The third kappa shape index (κ3) is 5.28. The molecule has 0 saturated carbocycles. The van der Waals surface area contributed by atoms with Crippen LogP contribution in [0.1, 0.15) is 13.8 Å². The Morgan fingerprint density at radius 1 is 1.03 bits per heavy atom. The van der Waals surface area contributed by atoms with Gasteiger partial charge < -0.3 is 14.8 Å². The van der Waals surface area contributed by atoms with Gasteiger partial charge >= 0.3 is 6.09 Å². The number of halogens is 1. The van der Waals surface area contributed by atoms with Crippen LogP contribution in [0.2, 0.25) is 5.02 Å². The number of hydrogen-bond donors (Lipinski definition) is 2. The molecule has 0 bridgehead atoms. The number of ether oxygens (including phenoxy) is 2. The van der Waals surface area contributed by atoms with Crippen molar-refractivity contribution in [3.8, 4) is 17.0 Å². The standard InChI is InChI=1S/C21H20ClN3O4S/c1-21(2,29-15-11-9-14(22)10-12-15)18(26)24-17-16(13-7-5-4-6-8-13)23-19(30-17)25-20(27)28-3/h4-12H,1-3H3,(H,24,26)(H,23,25,27). The van der Waals surface area contributed by atoms with Gasteiger partial charge in [-0.2, -0.15) is 0 Å². The number of thiazole rings is 1. The molecular weight excluding hydrogens is 426 g/mol. The number of hydrogen-bond acceptors (Lipinski definition) is 6. The molecule has 2 N–H and O–H groups in total. The quantitative estimate of drug-likeness (QED) is 0.527. The molecule has 0 aliphatic heterocycles. The van der Waals surface area contributed by atoms with Gasteiger partial charge in [0, 0.05) is 10.6 Å². The van der Waals surface area contributed by atoms with E-state index in [4.69, 9.17) is 16.3 Å². The van der Waals surface area contributed by atoms with E-state index in [9.17, 15) is 9.59 Å². The Bertz CT molecular complexity index is 1040. The number of amides is 2. The minimum atomic E-state index is -1.18. The lowest BCUT2D eigenvalue weighted by molar-refractivity contribution is -0.128. The Labute approximate surface area is 183 Å². The molecule has 0 aliphatic carbocycles. The summed E-state index contributed by atoms with van der Waals surface area (Å²) >= 11 is 7.02. The monoisotopic (exact) mass is 445 g/mol. The number of methoxy groups -OCH3 is 1. The second kappa shape index (κ2) is 9.15. The molecule has 2 aromatic carbocycles. The van der Waals surface area contributed by atoms with Crippen LogP contribution in [0.5, 0.6) is 5.75 Å². The van der Waals surface area contributed by atoms with Crippen molar-refractivity contribution in [2.45, 2.75) is 19.4 Å². The van der Waals surface area contributed by atoms with Crippen LogP contribution in [0.3, 0.4) is 0 Å². The summed E-state index contributed by atoms with van der Waals surface area (Å²) in [6.07, 6.45) is -0.646. The second-order valence-electron chi connectivity index (χ2n) is 6.70. The zero-order valence-corrected chi connectivity index (χ0v) is 18.1. The minimum absolute atomic E-state index is 0.299.